The molecule has 0 aliphatic carbocycles. The Morgan fingerprint density at radius 2 is 2.03 bits per heavy atom. The quantitative estimate of drug-likeness (QED) is 0.608. The fourth-order valence-electron chi connectivity index (χ4n) is 4.98. The lowest BCUT2D eigenvalue weighted by atomic mass is 10.1. The lowest BCUT2D eigenvalue weighted by Gasteiger charge is -2.24. The number of ether oxygens (including phenoxy) is 1. The standard InChI is InChI=1S/C23H24N4O2S/c28-23(19-13-15-14-29-18-9-4-3-7-16(18)21(15)30-19)26-12-6-8-17(26)22-25-24-20-10-2-1-5-11-27(20)22/h3-4,7,9,13,17H,1-2,5-6,8,10-12,14H2/t17-/m0/s1. The van der Waals surface area contributed by atoms with Gasteiger partial charge in [-0.15, -0.1) is 21.5 Å². The van der Waals surface area contributed by atoms with E-state index in [4.69, 9.17) is 4.74 Å². The first kappa shape index (κ1) is 18.1. The van der Waals surface area contributed by atoms with E-state index < -0.39 is 0 Å². The summed E-state index contributed by atoms with van der Waals surface area (Å²) in [5.41, 5.74) is 2.19. The van der Waals surface area contributed by atoms with Crippen molar-refractivity contribution in [1.29, 1.82) is 0 Å². The minimum Gasteiger partial charge on any atom is -0.488 e. The fourth-order valence-corrected chi connectivity index (χ4v) is 6.13. The molecule has 2 aromatic heterocycles. The molecular weight excluding hydrogens is 396 g/mol. The Morgan fingerprint density at radius 3 is 3.00 bits per heavy atom. The molecular formula is C23H24N4O2S. The van der Waals surface area contributed by atoms with Gasteiger partial charge in [0.25, 0.3) is 5.91 Å². The molecule has 3 aliphatic heterocycles. The van der Waals surface area contributed by atoms with Crippen LogP contribution in [0.25, 0.3) is 10.4 Å². The van der Waals surface area contributed by atoms with Gasteiger partial charge < -0.3 is 14.2 Å². The second-order valence-electron chi connectivity index (χ2n) is 8.34. The molecule has 0 N–H and O–H groups in total. The summed E-state index contributed by atoms with van der Waals surface area (Å²) in [7, 11) is 0. The highest BCUT2D eigenvalue weighted by Gasteiger charge is 2.36. The zero-order valence-corrected chi connectivity index (χ0v) is 17.7. The Hall–Kier alpha value is -2.67. The highest BCUT2D eigenvalue weighted by atomic mass is 32.1. The molecule has 0 saturated carbocycles. The first-order valence-electron chi connectivity index (χ1n) is 10.9. The summed E-state index contributed by atoms with van der Waals surface area (Å²) in [5.74, 6) is 3.08. The number of thiophene rings is 1. The predicted molar refractivity (Wildman–Crippen MR) is 115 cm³/mol. The number of benzene rings is 1. The van der Waals surface area contributed by atoms with E-state index in [0.717, 1.165) is 77.1 Å². The fraction of sp³-hybridized carbons (Fsp3) is 0.435. The number of rotatable bonds is 2. The van der Waals surface area contributed by atoms with Gasteiger partial charge in [-0.05, 0) is 43.9 Å². The van der Waals surface area contributed by atoms with Gasteiger partial charge in [0.1, 0.15) is 18.2 Å². The minimum atomic E-state index is 0.0273. The number of carbonyl (C=O) groups excluding carboxylic acids is 1. The maximum absolute atomic E-state index is 13.6. The predicted octanol–water partition coefficient (Wildman–Crippen LogP) is 4.60. The van der Waals surface area contributed by atoms with Crippen molar-refractivity contribution in [3.63, 3.8) is 0 Å². The molecule has 154 valence electrons. The summed E-state index contributed by atoms with van der Waals surface area (Å²) < 4.78 is 8.17. The third-order valence-corrected chi connectivity index (χ3v) is 7.68. The third-order valence-electron chi connectivity index (χ3n) is 6.48. The van der Waals surface area contributed by atoms with Gasteiger partial charge in [0.05, 0.1) is 10.9 Å². The van der Waals surface area contributed by atoms with Gasteiger partial charge in [0, 0.05) is 35.5 Å². The topological polar surface area (TPSA) is 60.2 Å². The molecule has 6 nitrogen and oxygen atoms in total. The molecule has 0 unspecified atom stereocenters. The van der Waals surface area contributed by atoms with Crippen LogP contribution in [0.15, 0.2) is 30.3 Å². The molecule has 6 rings (SSSR count). The van der Waals surface area contributed by atoms with Crippen LogP contribution in [0.4, 0.5) is 0 Å². The summed E-state index contributed by atoms with van der Waals surface area (Å²) in [6.07, 6.45) is 6.53. The molecule has 3 aliphatic rings. The van der Waals surface area contributed by atoms with E-state index in [0.29, 0.717) is 6.61 Å². The molecule has 5 heterocycles. The van der Waals surface area contributed by atoms with Crippen LogP contribution < -0.4 is 4.74 Å². The first-order chi connectivity index (χ1) is 14.8. The zero-order chi connectivity index (χ0) is 20.1. The highest BCUT2D eigenvalue weighted by Crippen LogP contribution is 2.43. The number of amides is 1. The van der Waals surface area contributed by atoms with Crippen molar-refractivity contribution < 1.29 is 9.53 Å². The number of aromatic nitrogens is 3. The molecule has 0 bridgehead atoms. The van der Waals surface area contributed by atoms with Crippen molar-refractivity contribution in [2.45, 2.75) is 57.7 Å². The average molecular weight is 421 g/mol. The molecule has 0 spiro atoms. The van der Waals surface area contributed by atoms with Crippen LogP contribution >= 0.6 is 11.3 Å². The van der Waals surface area contributed by atoms with Crippen molar-refractivity contribution in [1.82, 2.24) is 19.7 Å². The monoisotopic (exact) mass is 420 g/mol. The van der Waals surface area contributed by atoms with Gasteiger partial charge in [0.15, 0.2) is 5.82 Å². The molecule has 0 radical (unpaired) electrons. The van der Waals surface area contributed by atoms with Crippen molar-refractivity contribution in [3.8, 4) is 16.2 Å². The number of carbonyl (C=O) groups is 1. The second-order valence-corrected chi connectivity index (χ2v) is 9.40. The van der Waals surface area contributed by atoms with E-state index in [1.54, 1.807) is 11.3 Å². The van der Waals surface area contributed by atoms with E-state index in [-0.39, 0.29) is 11.9 Å². The van der Waals surface area contributed by atoms with E-state index in [9.17, 15) is 4.79 Å². The van der Waals surface area contributed by atoms with E-state index in [2.05, 4.69) is 20.8 Å². The highest BCUT2D eigenvalue weighted by molar-refractivity contribution is 7.17. The van der Waals surface area contributed by atoms with Gasteiger partial charge in [0.2, 0.25) is 0 Å². The number of likely N-dealkylation sites (tertiary alicyclic amines) is 1. The Balaban J connectivity index is 1.32. The zero-order valence-electron chi connectivity index (χ0n) is 16.8. The van der Waals surface area contributed by atoms with Crippen LogP contribution in [0.5, 0.6) is 5.75 Å². The normalized spacial score (nSPS) is 20.1. The van der Waals surface area contributed by atoms with Crippen LogP contribution in [0, 0.1) is 0 Å². The van der Waals surface area contributed by atoms with Crippen LogP contribution in [-0.2, 0) is 19.6 Å². The lowest BCUT2D eigenvalue weighted by molar-refractivity contribution is 0.0732. The Labute approximate surface area is 179 Å². The number of hydrogen-bond donors (Lipinski definition) is 0. The van der Waals surface area contributed by atoms with Gasteiger partial charge in [-0.1, -0.05) is 18.6 Å². The van der Waals surface area contributed by atoms with Crippen molar-refractivity contribution in [2.75, 3.05) is 6.54 Å². The Kier molecular flexibility index (Phi) is 4.37. The van der Waals surface area contributed by atoms with Gasteiger partial charge in [-0.3, -0.25) is 4.79 Å². The Bertz CT molecular complexity index is 1120. The largest absolute Gasteiger partial charge is 0.488 e. The third kappa shape index (κ3) is 2.87. The smallest absolute Gasteiger partial charge is 0.264 e. The van der Waals surface area contributed by atoms with Gasteiger partial charge in [-0.2, -0.15) is 0 Å². The first-order valence-corrected chi connectivity index (χ1v) is 11.7. The molecule has 1 saturated heterocycles. The van der Waals surface area contributed by atoms with Crippen molar-refractivity contribution >= 4 is 17.2 Å². The summed E-state index contributed by atoms with van der Waals surface area (Å²) in [6.45, 7) is 2.27. The number of aryl methyl sites for hydroxylation is 1. The Morgan fingerprint density at radius 1 is 1.10 bits per heavy atom. The molecule has 7 heteroatoms. The van der Waals surface area contributed by atoms with Crippen LogP contribution in [0.3, 0.4) is 0 Å². The van der Waals surface area contributed by atoms with Crippen LogP contribution in [0.2, 0.25) is 0 Å². The SMILES string of the molecule is O=C(c1cc2c(s1)-c1ccccc1OC2)N1CCC[C@H]1c1nnc2n1CCCCC2. The summed E-state index contributed by atoms with van der Waals surface area (Å²) in [4.78, 5) is 17.5. The van der Waals surface area contributed by atoms with Crippen LogP contribution in [-0.4, -0.2) is 32.1 Å². The van der Waals surface area contributed by atoms with E-state index >= 15 is 0 Å². The maximum atomic E-state index is 13.6. The molecule has 3 aromatic rings. The second kappa shape index (κ2) is 7.23. The number of nitrogens with zero attached hydrogens (tertiary/aromatic N) is 4. The van der Waals surface area contributed by atoms with Crippen molar-refractivity contribution in [3.05, 3.63) is 52.4 Å². The molecule has 1 aromatic carbocycles. The van der Waals surface area contributed by atoms with Crippen LogP contribution in [0.1, 0.15) is 65.0 Å². The number of fused-ring (bicyclic) bond motifs is 4. The maximum Gasteiger partial charge on any atom is 0.264 e. The summed E-state index contributed by atoms with van der Waals surface area (Å²) >= 11 is 1.59. The van der Waals surface area contributed by atoms with Gasteiger partial charge in [-0.25, -0.2) is 0 Å². The van der Waals surface area contributed by atoms with E-state index in [1.807, 2.05) is 29.2 Å². The summed E-state index contributed by atoms with van der Waals surface area (Å²) in [5, 5.41) is 9.01. The summed E-state index contributed by atoms with van der Waals surface area (Å²) in [6, 6.07) is 10.1. The van der Waals surface area contributed by atoms with Gasteiger partial charge >= 0.3 is 0 Å². The average Bonchev–Trinajstić information content (AvgIpc) is 3.48. The minimum absolute atomic E-state index is 0.0273. The molecule has 1 atom stereocenters. The lowest BCUT2D eigenvalue weighted by Crippen LogP contribution is -2.31. The van der Waals surface area contributed by atoms with E-state index in [1.165, 1.54) is 12.8 Å². The molecule has 1 fully saturated rings. The molecule has 1 amide bonds. The number of para-hydroxylation sites is 1. The number of hydrogen-bond acceptors (Lipinski definition) is 5. The molecule has 30 heavy (non-hydrogen) atoms. The van der Waals surface area contributed by atoms with Crippen molar-refractivity contribution in [2.24, 2.45) is 0 Å².